The molecule has 1 N–H and O–H groups in total. The number of benzene rings is 2. The summed E-state index contributed by atoms with van der Waals surface area (Å²) < 4.78 is 8.66. The lowest BCUT2D eigenvalue weighted by atomic mass is 10.0. The summed E-state index contributed by atoms with van der Waals surface area (Å²) in [5.74, 6) is 1.27. The van der Waals surface area contributed by atoms with Crippen LogP contribution >= 0.6 is 11.6 Å². The van der Waals surface area contributed by atoms with Crippen molar-refractivity contribution in [2.45, 2.75) is 26.7 Å². The lowest BCUT2D eigenvalue weighted by Crippen LogP contribution is -2.21. The zero-order chi connectivity index (χ0) is 23.4. The number of rotatable bonds is 8. The number of amides is 1. The van der Waals surface area contributed by atoms with Crippen molar-refractivity contribution in [3.05, 3.63) is 82.1 Å². The summed E-state index contributed by atoms with van der Waals surface area (Å²) in [6, 6.07) is 14.2. The number of carbonyl (C=O) groups is 1. The molecule has 2 aromatic heterocycles. The smallest absolute Gasteiger partial charge is 0.300 e. The van der Waals surface area contributed by atoms with Gasteiger partial charge in [0.25, 0.3) is 0 Å². The van der Waals surface area contributed by atoms with Crippen LogP contribution in [0.5, 0.6) is 5.75 Å². The summed E-state index contributed by atoms with van der Waals surface area (Å²) in [5, 5.41) is 11.8. The van der Waals surface area contributed by atoms with Crippen molar-refractivity contribution in [3.63, 3.8) is 0 Å². The molecule has 0 fully saturated rings. The molecular formula is C24H24ClN5O3. The highest BCUT2D eigenvalue weighted by Crippen LogP contribution is 2.17. The van der Waals surface area contributed by atoms with Gasteiger partial charge < -0.3 is 10.1 Å². The summed E-state index contributed by atoms with van der Waals surface area (Å²) in [6.45, 7) is 4.46. The molecule has 1 atom stereocenters. The molecule has 0 saturated heterocycles. The molecule has 0 saturated carbocycles. The highest BCUT2D eigenvalue weighted by atomic mass is 35.5. The summed E-state index contributed by atoms with van der Waals surface area (Å²) in [7, 11) is 0. The minimum Gasteiger partial charge on any atom is -0.494 e. The van der Waals surface area contributed by atoms with Gasteiger partial charge in [-0.1, -0.05) is 18.5 Å². The Morgan fingerprint density at radius 2 is 1.82 bits per heavy atom. The molecule has 1 amide bonds. The van der Waals surface area contributed by atoms with Gasteiger partial charge >= 0.3 is 5.56 Å². The van der Waals surface area contributed by atoms with Gasteiger partial charge in [0.05, 0.1) is 6.61 Å². The number of hydrogen-bond donors (Lipinski definition) is 1. The maximum absolute atomic E-state index is 13.0. The second kappa shape index (κ2) is 9.87. The molecular weight excluding hydrogens is 442 g/mol. The van der Waals surface area contributed by atoms with E-state index in [1.807, 2.05) is 38.1 Å². The molecule has 0 unspecified atom stereocenters. The van der Waals surface area contributed by atoms with Gasteiger partial charge in [0.1, 0.15) is 11.6 Å². The third-order valence-electron chi connectivity index (χ3n) is 5.16. The monoisotopic (exact) mass is 465 g/mol. The van der Waals surface area contributed by atoms with Crippen LogP contribution in [0.2, 0.25) is 5.02 Å². The minimum absolute atomic E-state index is 0.00163. The van der Waals surface area contributed by atoms with Crippen molar-refractivity contribution >= 4 is 28.8 Å². The molecule has 33 heavy (non-hydrogen) atoms. The number of aromatic nitrogens is 4. The Morgan fingerprint density at radius 1 is 1.09 bits per heavy atom. The van der Waals surface area contributed by atoms with Crippen LogP contribution in [0.25, 0.3) is 11.3 Å². The Kier molecular flexibility index (Phi) is 6.74. The first-order chi connectivity index (χ1) is 15.9. The third kappa shape index (κ3) is 5.23. The fourth-order valence-electron chi connectivity index (χ4n) is 3.59. The van der Waals surface area contributed by atoms with E-state index in [-0.39, 0.29) is 23.0 Å². The van der Waals surface area contributed by atoms with Crippen LogP contribution < -0.4 is 15.6 Å². The van der Waals surface area contributed by atoms with Crippen molar-refractivity contribution in [1.29, 1.82) is 0 Å². The molecule has 4 aromatic rings. The van der Waals surface area contributed by atoms with Gasteiger partial charge in [-0.2, -0.15) is 0 Å². The Morgan fingerprint density at radius 3 is 2.52 bits per heavy atom. The standard InChI is InChI=1S/C24H24ClN5O3/c1-3-33-20-10-8-19(9-11-20)29-12-13-30-21(27-28-23(30)24(29)32)14-16(2)15-22(31)26-18-6-4-17(25)5-7-18/h4-13,16H,3,14-15H2,1-2H3,(H,26,31)/t16-/m1/s1. The minimum atomic E-state index is -0.270. The average Bonchev–Trinajstić information content (AvgIpc) is 3.20. The van der Waals surface area contributed by atoms with Gasteiger partial charge in [-0.3, -0.25) is 18.6 Å². The molecule has 0 bridgehead atoms. The van der Waals surface area contributed by atoms with E-state index in [1.54, 1.807) is 41.1 Å². The van der Waals surface area contributed by atoms with Crippen LogP contribution in [0.4, 0.5) is 5.69 Å². The highest BCUT2D eigenvalue weighted by molar-refractivity contribution is 6.30. The molecule has 9 heteroatoms. The SMILES string of the molecule is CCOc1ccc(-n2ccn3c(C[C@@H](C)CC(=O)Nc4ccc(Cl)cc4)nnc3c2=O)cc1. The van der Waals surface area contributed by atoms with Crippen molar-refractivity contribution < 1.29 is 9.53 Å². The van der Waals surface area contributed by atoms with Crippen molar-refractivity contribution in [3.8, 4) is 11.4 Å². The molecule has 0 aliphatic heterocycles. The number of ether oxygens (including phenoxy) is 1. The van der Waals surface area contributed by atoms with E-state index < -0.39 is 0 Å². The summed E-state index contributed by atoms with van der Waals surface area (Å²) in [5.41, 5.74) is 1.37. The van der Waals surface area contributed by atoms with Crippen LogP contribution in [0, 0.1) is 5.92 Å². The largest absolute Gasteiger partial charge is 0.494 e. The summed E-state index contributed by atoms with van der Waals surface area (Å²) >= 11 is 5.88. The van der Waals surface area contributed by atoms with Crippen LogP contribution in [0.1, 0.15) is 26.1 Å². The van der Waals surface area contributed by atoms with Gasteiger partial charge in [0.15, 0.2) is 0 Å². The molecule has 0 aliphatic carbocycles. The zero-order valence-corrected chi connectivity index (χ0v) is 19.1. The van der Waals surface area contributed by atoms with Gasteiger partial charge in [-0.15, -0.1) is 10.2 Å². The van der Waals surface area contributed by atoms with Crippen LogP contribution in [-0.4, -0.2) is 31.7 Å². The molecule has 170 valence electrons. The van der Waals surface area contributed by atoms with Crippen molar-refractivity contribution in [1.82, 2.24) is 19.2 Å². The zero-order valence-electron chi connectivity index (χ0n) is 18.4. The molecule has 0 radical (unpaired) electrons. The van der Waals surface area contributed by atoms with Gasteiger partial charge in [0.2, 0.25) is 11.6 Å². The van der Waals surface area contributed by atoms with E-state index in [2.05, 4.69) is 15.5 Å². The highest BCUT2D eigenvalue weighted by Gasteiger charge is 2.16. The number of carbonyl (C=O) groups excluding carboxylic acids is 1. The van der Waals surface area contributed by atoms with Crippen LogP contribution in [-0.2, 0) is 11.2 Å². The van der Waals surface area contributed by atoms with Crippen molar-refractivity contribution in [2.24, 2.45) is 5.92 Å². The van der Waals surface area contributed by atoms with E-state index >= 15 is 0 Å². The number of nitrogens with one attached hydrogen (secondary N) is 1. The molecule has 8 nitrogen and oxygen atoms in total. The number of anilines is 1. The van der Waals surface area contributed by atoms with Crippen LogP contribution in [0.15, 0.2) is 65.7 Å². The summed E-state index contributed by atoms with van der Waals surface area (Å²) in [4.78, 5) is 25.3. The fourth-order valence-corrected chi connectivity index (χ4v) is 3.72. The lowest BCUT2D eigenvalue weighted by Gasteiger charge is -2.11. The number of fused-ring (bicyclic) bond motifs is 1. The predicted octanol–water partition coefficient (Wildman–Crippen LogP) is 4.14. The first-order valence-corrected chi connectivity index (χ1v) is 11.1. The fraction of sp³-hybridized carbons (Fsp3) is 0.250. The first-order valence-electron chi connectivity index (χ1n) is 10.7. The second-order valence-corrected chi connectivity index (χ2v) is 8.21. The maximum atomic E-state index is 13.0. The molecule has 0 spiro atoms. The van der Waals surface area contributed by atoms with Gasteiger partial charge in [-0.25, -0.2) is 0 Å². The van der Waals surface area contributed by atoms with E-state index in [4.69, 9.17) is 16.3 Å². The lowest BCUT2D eigenvalue weighted by molar-refractivity contribution is -0.116. The Balaban J connectivity index is 1.46. The molecule has 0 aliphatic rings. The van der Waals surface area contributed by atoms with E-state index in [0.717, 1.165) is 5.75 Å². The second-order valence-electron chi connectivity index (χ2n) is 7.78. The molecule has 2 heterocycles. The molecule has 4 rings (SSSR count). The Labute approximate surface area is 195 Å². The number of nitrogens with zero attached hydrogens (tertiary/aromatic N) is 4. The Bertz CT molecular complexity index is 1310. The number of hydrogen-bond acceptors (Lipinski definition) is 5. The van der Waals surface area contributed by atoms with E-state index in [9.17, 15) is 9.59 Å². The molecule has 2 aromatic carbocycles. The normalized spacial score (nSPS) is 12.0. The predicted molar refractivity (Wildman–Crippen MR) is 127 cm³/mol. The van der Waals surface area contributed by atoms with E-state index in [1.165, 1.54) is 4.57 Å². The van der Waals surface area contributed by atoms with Crippen LogP contribution in [0.3, 0.4) is 0 Å². The quantitative estimate of drug-likeness (QED) is 0.422. The first kappa shape index (κ1) is 22.5. The number of halogens is 1. The average molecular weight is 466 g/mol. The Hall–Kier alpha value is -3.65. The maximum Gasteiger partial charge on any atom is 0.300 e. The van der Waals surface area contributed by atoms with Gasteiger partial charge in [-0.05, 0) is 61.4 Å². The summed E-state index contributed by atoms with van der Waals surface area (Å²) in [6.07, 6.45) is 4.27. The third-order valence-corrected chi connectivity index (χ3v) is 5.41. The topological polar surface area (TPSA) is 90.5 Å². The van der Waals surface area contributed by atoms with Gasteiger partial charge in [0, 0.05) is 41.6 Å². The van der Waals surface area contributed by atoms with Crippen molar-refractivity contribution in [2.75, 3.05) is 11.9 Å². The van der Waals surface area contributed by atoms with E-state index in [0.29, 0.717) is 41.7 Å².